The lowest BCUT2D eigenvalue weighted by molar-refractivity contribution is -0.182. The van der Waals surface area contributed by atoms with Crippen molar-refractivity contribution in [2.24, 2.45) is 23.5 Å². The molecule has 0 radical (unpaired) electrons. The number of esters is 1. The maximum atomic E-state index is 13.9. The lowest BCUT2D eigenvalue weighted by atomic mass is 9.55. The van der Waals surface area contributed by atoms with Gasteiger partial charge in [0.15, 0.2) is 11.4 Å². The summed E-state index contributed by atoms with van der Waals surface area (Å²) in [6.45, 7) is 1.67. The average molecular weight is 527 g/mol. The second kappa shape index (κ2) is 8.87. The summed E-state index contributed by atoms with van der Waals surface area (Å²) in [5, 5.41) is 44.5. The third-order valence-corrected chi connectivity index (χ3v) is 8.67. The Morgan fingerprint density at radius 2 is 1.74 bits per heavy atom. The van der Waals surface area contributed by atoms with Crippen LogP contribution in [-0.4, -0.2) is 55.6 Å². The van der Waals surface area contributed by atoms with Crippen LogP contribution in [0.15, 0.2) is 29.0 Å². The fourth-order valence-corrected chi connectivity index (χ4v) is 6.80. The largest absolute Gasteiger partial charge is 0.508 e. The van der Waals surface area contributed by atoms with Gasteiger partial charge in [0.1, 0.15) is 28.9 Å². The zero-order valence-electron chi connectivity index (χ0n) is 20.8. The van der Waals surface area contributed by atoms with E-state index in [1.165, 1.54) is 12.1 Å². The summed E-state index contributed by atoms with van der Waals surface area (Å²) in [7, 11) is 0. The fraction of sp³-hybridized carbons (Fsp3) is 0.481. The molecule has 0 aliphatic heterocycles. The van der Waals surface area contributed by atoms with E-state index in [1.54, 1.807) is 6.92 Å². The smallest absolute Gasteiger partial charge is 0.309 e. The molecule has 202 valence electrons. The van der Waals surface area contributed by atoms with Crippen LogP contribution >= 0.6 is 0 Å². The molecule has 0 saturated heterocycles. The van der Waals surface area contributed by atoms with Gasteiger partial charge in [-0.25, -0.2) is 0 Å². The fourth-order valence-electron chi connectivity index (χ4n) is 6.80. The predicted molar refractivity (Wildman–Crippen MR) is 132 cm³/mol. The molecular weight excluding hydrogens is 496 g/mol. The average Bonchev–Trinajstić information content (AvgIpc) is 2.87. The molecule has 0 heterocycles. The number of anilines is 1. The van der Waals surface area contributed by atoms with E-state index < -0.39 is 87.9 Å². The van der Waals surface area contributed by atoms with E-state index in [1.807, 2.05) is 0 Å². The summed E-state index contributed by atoms with van der Waals surface area (Å²) < 4.78 is 5.98. The number of nitrogen functional groups attached to an aromatic ring is 1. The first-order valence-corrected chi connectivity index (χ1v) is 12.7. The van der Waals surface area contributed by atoms with Crippen molar-refractivity contribution < 1.29 is 44.3 Å². The van der Waals surface area contributed by atoms with Gasteiger partial charge >= 0.3 is 5.97 Å². The molecule has 1 aromatic rings. The summed E-state index contributed by atoms with van der Waals surface area (Å²) in [5.74, 6) is -10.0. The number of ketones is 2. The number of aromatic hydroxyl groups is 1. The third-order valence-electron chi connectivity index (χ3n) is 8.67. The first kappa shape index (κ1) is 25.8. The van der Waals surface area contributed by atoms with Crippen LogP contribution in [0.4, 0.5) is 5.69 Å². The van der Waals surface area contributed by atoms with E-state index in [2.05, 4.69) is 0 Å². The lowest BCUT2D eigenvalue weighted by Gasteiger charge is -2.51. The van der Waals surface area contributed by atoms with E-state index in [-0.39, 0.29) is 17.0 Å². The van der Waals surface area contributed by atoms with Crippen LogP contribution in [0.3, 0.4) is 0 Å². The van der Waals surface area contributed by atoms with Crippen LogP contribution in [-0.2, 0) is 23.9 Å². The van der Waals surface area contributed by atoms with Crippen molar-refractivity contribution in [2.75, 3.05) is 5.73 Å². The van der Waals surface area contributed by atoms with Gasteiger partial charge in [0.05, 0.1) is 11.5 Å². The molecule has 38 heavy (non-hydrogen) atoms. The zero-order chi connectivity index (χ0) is 27.7. The van der Waals surface area contributed by atoms with E-state index >= 15 is 0 Å². The second-order valence-corrected chi connectivity index (χ2v) is 10.7. The minimum atomic E-state index is -2.89. The Balaban J connectivity index is 1.74. The Hall–Kier alpha value is -3.86. The van der Waals surface area contributed by atoms with Crippen molar-refractivity contribution in [2.45, 2.75) is 63.1 Å². The highest BCUT2D eigenvalue weighted by Crippen LogP contribution is 2.57. The number of nitrogens with two attached hydrogens (primary N) is 2. The quantitative estimate of drug-likeness (QED) is 0.145. The number of aliphatic hydroxyl groups is 3. The van der Waals surface area contributed by atoms with Crippen LogP contribution < -0.4 is 11.5 Å². The van der Waals surface area contributed by atoms with Crippen molar-refractivity contribution in [3.8, 4) is 5.75 Å². The highest BCUT2D eigenvalue weighted by Gasteiger charge is 2.66. The van der Waals surface area contributed by atoms with Gasteiger partial charge < -0.3 is 36.6 Å². The van der Waals surface area contributed by atoms with E-state index in [0.29, 0.717) is 18.4 Å². The second-order valence-electron chi connectivity index (χ2n) is 10.7. The highest BCUT2D eigenvalue weighted by molar-refractivity contribution is 6.23. The standard InChI is InChI=1S/C27H30N2O9/c1-10-16-13(28)7-8-14(30)18(16)21(32)20-17(10)22(38-26(36)11-5-3-2-4-6-11)12-9-15(31)19(25(29)35)23(33)27(12,37)24(20)34/h7-8,10-12,17,22,30,32-33,37H,2-6,9,28H2,1H3,(H2,29,35)/t10-,12+,17+,22+,27+/m0/s1. The number of aliphatic hydroxyl groups excluding tert-OH is 2. The normalized spacial score (nSPS) is 31.4. The summed E-state index contributed by atoms with van der Waals surface area (Å²) in [5.41, 5.74) is 7.65. The number of primary amides is 1. The van der Waals surface area contributed by atoms with Crippen LogP contribution in [0.2, 0.25) is 0 Å². The Kier molecular flexibility index (Phi) is 6.01. The molecule has 2 saturated carbocycles. The Labute approximate surface area is 217 Å². The van der Waals surface area contributed by atoms with Gasteiger partial charge in [0.25, 0.3) is 5.91 Å². The number of fused-ring (bicyclic) bond motifs is 3. The molecule has 0 bridgehead atoms. The number of amides is 1. The van der Waals surface area contributed by atoms with Gasteiger partial charge in [-0.3, -0.25) is 19.2 Å². The number of phenolic OH excluding ortho intramolecular Hbond substituents is 1. The molecule has 8 N–H and O–H groups in total. The summed E-state index contributed by atoms with van der Waals surface area (Å²) in [6, 6.07) is 2.68. The first-order chi connectivity index (χ1) is 17.9. The summed E-state index contributed by atoms with van der Waals surface area (Å²) in [4.78, 5) is 52.1. The molecule has 5 atom stereocenters. The zero-order valence-corrected chi connectivity index (χ0v) is 20.8. The molecule has 1 amide bonds. The first-order valence-electron chi connectivity index (χ1n) is 12.7. The predicted octanol–water partition coefficient (Wildman–Crippen LogP) is 1.67. The molecule has 11 heteroatoms. The van der Waals surface area contributed by atoms with Crippen LogP contribution in [0, 0.1) is 17.8 Å². The number of hydrogen-bond donors (Lipinski definition) is 6. The third kappa shape index (κ3) is 3.44. The number of benzene rings is 1. The van der Waals surface area contributed by atoms with Crippen LogP contribution in [0.1, 0.15) is 62.5 Å². The van der Waals surface area contributed by atoms with Gasteiger partial charge in [-0.1, -0.05) is 26.2 Å². The minimum Gasteiger partial charge on any atom is -0.508 e. The van der Waals surface area contributed by atoms with Gasteiger partial charge in [0.2, 0.25) is 5.78 Å². The van der Waals surface area contributed by atoms with Crippen molar-refractivity contribution in [1.82, 2.24) is 0 Å². The minimum absolute atomic E-state index is 0.123. The molecule has 0 unspecified atom stereocenters. The number of ether oxygens (including phenoxy) is 1. The Morgan fingerprint density at radius 3 is 2.37 bits per heavy atom. The monoisotopic (exact) mass is 526 g/mol. The lowest BCUT2D eigenvalue weighted by Crippen LogP contribution is -2.64. The number of hydrogen-bond acceptors (Lipinski definition) is 10. The summed E-state index contributed by atoms with van der Waals surface area (Å²) in [6.07, 6.45) is 1.83. The van der Waals surface area contributed by atoms with Gasteiger partial charge in [-0.2, -0.15) is 0 Å². The molecule has 11 nitrogen and oxygen atoms in total. The van der Waals surface area contributed by atoms with E-state index in [0.717, 1.165) is 19.3 Å². The maximum Gasteiger partial charge on any atom is 0.309 e. The molecule has 5 rings (SSSR count). The van der Waals surface area contributed by atoms with Crippen molar-refractivity contribution in [1.29, 1.82) is 0 Å². The Morgan fingerprint density at radius 1 is 1.08 bits per heavy atom. The van der Waals surface area contributed by atoms with Crippen molar-refractivity contribution in [3.05, 3.63) is 40.2 Å². The molecule has 0 spiro atoms. The molecule has 0 aromatic heterocycles. The number of rotatable bonds is 3. The van der Waals surface area contributed by atoms with Gasteiger partial charge in [0, 0.05) is 29.5 Å². The number of carbonyl (C=O) groups excluding carboxylic acids is 4. The molecular formula is C27H30N2O9. The number of phenols is 1. The molecule has 1 aromatic carbocycles. The number of Topliss-reactive ketones (excluding diaryl/α,β-unsaturated/α-hetero) is 2. The highest BCUT2D eigenvalue weighted by atomic mass is 16.5. The van der Waals surface area contributed by atoms with E-state index in [4.69, 9.17) is 16.2 Å². The van der Waals surface area contributed by atoms with Crippen LogP contribution in [0.25, 0.3) is 5.76 Å². The van der Waals surface area contributed by atoms with Gasteiger partial charge in [-0.05, 0) is 36.5 Å². The summed E-state index contributed by atoms with van der Waals surface area (Å²) >= 11 is 0. The van der Waals surface area contributed by atoms with Crippen LogP contribution in [0.5, 0.6) is 5.75 Å². The maximum absolute atomic E-state index is 13.9. The molecule has 2 fully saturated rings. The SMILES string of the molecule is C[C@H]1c2c(N)ccc(O)c2C(O)=C2C(=O)[C@]3(O)C(O)=C(C(N)=O)C(=O)C[C@@H]3[C@@H](OC(=O)C3CCCCC3)[C@@H]21. The van der Waals surface area contributed by atoms with Crippen molar-refractivity contribution >= 4 is 34.9 Å². The van der Waals surface area contributed by atoms with E-state index in [9.17, 15) is 39.6 Å². The van der Waals surface area contributed by atoms with Gasteiger partial charge in [-0.15, -0.1) is 0 Å². The molecule has 4 aliphatic carbocycles. The molecule has 4 aliphatic rings. The number of carbonyl (C=O) groups is 4. The van der Waals surface area contributed by atoms with Crippen molar-refractivity contribution in [3.63, 3.8) is 0 Å². The topological polar surface area (TPSA) is 210 Å². The Bertz CT molecular complexity index is 1340.